The highest BCUT2D eigenvalue weighted by atomic mass is 127. The smallest absolute Gasteiger partial charge is 0.174 e. The monoisotopic (exact) mass is 372 g/mol. The van der Waals surface area contributed by atoms with E-state index in [1.165, 1.54) is 17.3 Å². The highest BCUT2D eigenvalue weighted by Gasteiger charge is 2.10. The summed E-state index contributed by atoms with van der Waals surface area (Å²) in [6.45, 7) is 2.52. The second kappa shape index (κ2) is 6.50. The summed E-state index contributed by atoms with van der Waals surface area (Å²) in [6.07, 6.45) is 4.76. The van der Waals surface area contributed by atoms with E-state index in [1.807, 2.05) is 19.1 Å². The highest BCUT2D eigenvalue weighted by molar-refractivity contribution is 14.1. The molecule has 0 saturated carbocycles. The minimum atomic E-state index is 0.582. The van der Waals surface area contributed by atoms with Gasteiger partial charge in [0.2, 0.25) is 0 Å². The van der Waals surface area contributed by atoms with Crippen LogP contribution in [0.3, 0.4) is 0 Å². The maximum Gasteiger partial charge on any atom is 0.174 e. The van der Waals surface area contributed by atoms with E-state index in [9.17, 15) is 0 Å². The van der Waals surface area contributed by atoms with Gasteiger partial charge < -0.3 is 9.47 Å². The zero-order valence-corrected chi connectivity index (χ0v) is 12.7. The van der Waals surface area contributed by atoms with Crippen LogP contribution < -0.4 is 9.47 Å². The number of ether oxygens (including phenoxy) is 2. The number of benzene rings is 1. The molecule has 0 N–H and O–H groups in total. The Hall–Kier alpha value is -1.64. The van der Waals surface area contributed by atoms with Gasteiger partial charge >= 0.3 is 0 Å². The summed E-state index contributed by atoms with van der Waals surface area (Å²) >= 11 is 2.21. The maximum absolute atomic E-state index is 5.56. The molecule has 0 amide bonds. The van der Waals surface area contributed by atoms with Crippen LogP contribution in [0.15, 0.2) is 29.9 Å². The first-order valence-corrected chi connectivity index (χ1v) is 6.71. The molecule has 0 saturated heterocycles. The Morgan fingerprint density at radius 1 is 1.37 bits per heavy atom. The van der Waals surface area contributed by atoms with E-state index in [1.54, 1.807) is 13.3 Å². The van der Waals surface area contributed by atoms with Crippen LogP contribution in [0.25, 0.3) is 0 Å². The van der Waals surface area contributed by atoms with Gasteiger partial charge in [-0.1, -0.05) is 0 Å². The second-order valence-electron chi connectivity index (χ2n) is 3.55. The van der Waals surface area contributed by atoms with Crippen LogP contribution in [-0.2, 0) is 0 Å². The third-order valence-electron chi connectivity index (χ3n) is 2.28. The van der Waals surface area contributed by atoms with Gasteiger partial charge in [0.25, 0.3) is 0 Å². The molecule has 100 valence electrons. The van der Waals surface area contributed by atoms with Gasteiger partial charge in [0.1, 0.15) is 12.7 Å². The molecule has 7 heteroatoms. The van der Waals surface area contributed by atoms with Gasteiger partial charge in [-0.25, -0.2) is 4.68 Å². The molecule has 6 nitrogen and oxygen atoms in total. The summed E-state index contributed by atoms with van der Waals surface area (Å²) in [5.74, 6) is 1.45. The van der Waals surface area contributed by atoms with Crippen LogP contribution in [0.2, 0.25) is 0 Å². The van der Waals surface area contributed by atoms with Gasteiger partial charge in [0, 0.05) is 0 Å². The van der Waals surface area contributed by atoms with Gasteiger partial charge in [0.15, 0.2) is 11.5 Å². The predicted molar refractivity (Wildman–Crippen MR) is 79.9 cm³/mol. The zero-order valence-electron chi connectivity index (χ0n) is 10.6. The van der Waals surface area contributed by atoms with E-state index in [0.717, 1.165) is 14.9 Å². The van der Waals surface area contributed by atoms with Crippen LogP contribution >= 0.6 is 22.6 Å². The molecular weight excluding hydrogens is 359 g/mol. The van der Waals surface area contributed by atoms with E-state index < -0.39 is 0 Å². The SMILES string of the molecule is CCOc1cc(/C=N\n2cnnc2)cc(I)c1OC. The van der Waals surface area contributed by atoms with E-state index in [0.29, 0.717) is 12.4 Å². The van der Waals surface area contributed by atoms with Crippen molar-refractivity contribution < 1.29 is 9.47 Å². The molecule has 19 heavy (non-hydrogen) atoms. The summed E-state index contributed by atoms with van der Waals surface area (Å²) in [7, 11) is 1.63. The minimum Gasteiger partial charge on any atom is -0.492 e. The maximum atomic E-state index is 5.56. The van der Waals surface area contributed by atoms with Crippen LogP contribution in [-0.4, -0.2) is 34.8 Å². The fourth-order valence-corrected chi connectivity index (χ4v) is 2.36. The van der Waals surface area contributed by atoms with Crippen molar-refractivity contribution in [2.24, 2.45) is 5.10 Å². The Labute approximate surface area is 124 Å². The normalized spacial score (nSPS) is 10.9. The Bertz CT molecular complexity index is 569. The average Bonchev–Trinajstić information content (AvgIpc) is 2.90. The molecule has 1 heterocycles. The lowest BCUT2D eigenvalue weighted by atomic mass is 10.2. The lowest BCUT2D eigenvalue weighted by molar-refractivity contribution is 0.309. The molecule has 0 bridgehead atoms. The van der Waals surface area contributed by atoms with Crippen LogP contribution in [0.4, 0.5) is 0 Å². The predicted octanol–water partition coefficient (Wildman–Crippen LogP) is 2.17. The third kappa shape index (κ3) is 3.43. The molecule has 0 aliphatic rings. The number of aromatic nitrogens is 3. The number of hydrogen-bond donors (Lipinski definition) is 0. The molecule has 0 spiro atoms. The van der Waals surface area contributed by atoms with Crippen molar-refractivity contribution in [3.05, 3.63) is 33.9 Å². The summed E-state index contributed by atoms with van der Waals surface area (Å²) < 4.78 is 13.4. The summed E-state index contributed by atoms with van der Waals surface area (Å²) in [5, 5.41) is 11.6. The van der Waals surface area contributed by atoms with Crippen LogP contribution in [0.5, 0.6) is 11.5 Å². The van der Waals surface area contributed by atoms with Gasteiger partial charge in [-0.2, -0.15) is 5.10 Å². The van der Waals surface area contributed by atoms with E-state index in [4.69, 9.17) is 9.47 Å². The van der Waals surface area contributed by atoms with E-state index >= 15 is 0 Å². The van der Waals surface area contributed by atoms with E-state index in [2.05, 4.69) is 37.9 Å². The van der Waals surface area contributed by atoms with Crippen molar-refractivity contribution in [2.45, 2.75) is 6.92 Å². The topological polar surface area (TPSA) is 61.5 Å². The second-order valence-corrected chi connectivity index (χ2v) is 4.72. The van der Waals surface area contributed by atoms with Crippen LogP contribution in [0, 0.1) is 3.57 Å². The van der Waals surface area contributed by atoms with Gasteiger partial charge in [-0.3, -0.25) is 0 Å². The lowest BCUT2D eigenvalue weighted by Crippen LogP contribution is -1.99. The van der Waals surface area contributed by atoms with Crippen molar-refractivity contribution in [3.63, 3.8) is 0 Å². The van der Waals surface area contributed by atoms with Gasteiger partial charge in [0.05, 0.1) is 23.5 Å². The lowest BCUT2D eigenvalue weighted by Gasteiger charge is -2.11. The molecule has 0 radical (unpaired) electrons. The first-order valence-electron chi connectivity index (χ1n) is 5.64. The number of rotatable bonds is 5. The van der Waals surface area contributed by atoms with Crippen molar-refractivity contribution in [3.8, 4) is 11.5 Å². The number of methoxy groups -OCH3 is 1. The molecule has 0 aliphatic heterocycles. The largest absolute Gasteiger partial charge is 0.492 e. The fourth-order valence-electron chi connectivity index (χ4n) is 1.51. The van der Waals surface area contributed by atoms with Gasteiger partial charge in [-0.15, -0.1) is 10.2 Å². The number of halogens is 1. The standard InChI is InChI=1S/C12H13IN4O2/c1-3-19-11-5-9(4-10(13)12(11)18-2)6-16-17-7-14-15-8-17/h4-8H,3H2,1-2H3/b16-6-. The first-order chi connectivity index (χ1) is 9.24. The Morgan fingerprint density at radius 3 is 2.74 bits per heavy atom. The zero-order chi connectivity index (χ0) is 13.7. The number of nitrogens with zero attached hydrogens (tertiary/aromatic N) is 4. The Kier molecular flexibility index (Phi) is 4.72. The fraction of sp³-hybridized carbons (Fsp3) is 0.250. The Morgan fingerprint density at radius 2 is 2.11 bits per heavy atom. The van der Waals surface area contributed by atoms with Crippen molar-refractivity contribution in [1.82, 2.24) is 14.9 Å². The first kappa shape index (κ1) is 13.8. The molecule has 0 aliphatic carbocycles. The molecule has 2 aromatic rings. The minimum absolute atomic E-state index is 0.582. The summed E-state index contributed by atoms with van der Waals surface area (Å²) in [4.78, 5) is 0. The molecule has 0 unspecified atom stereocenters. The summed E-state index contributed by atoms with van der Waals surface area (Å²) in [5.41, 5.74) is 0.919. The van der Waals surface area contributed by atoms with Crippen molar-refractivity contribution >= 4 is 28.8 Å². The number of hydrogen-bond acceptors (Lipinski definition) is 5. The average molecular weight is 372 g/mol. The Balaban J connectivity index is 2.31. The van der Waals surface area contributed by atoms with Crippen molar-refractivity contribution in [1.29, 1.82) is 0 Å². The molecule has 1 aromatic heterocycles. The molecule has 0 fully saturated rings. The molecule has 1 aromatic carbocycles. The van der Waals surface area contributed by atoms with E-state index in [-0.39, 0.29) is 0 Å². The molecular formula is C12H13IN4O2. The van der Waals surface area contributed by atoms with Gasteiger partial charge in [-0.05, 0) is 47.2 Å². The quantitative estimate of drug-likeness (QED) is 0.596. The van der Waals surface area contributed by atoms with Crippen molar-refractivity contribution in [2.75, 3.05) is 13.7 Å². The summed E-state index contributed by atoms with van der Waals surface area (Å²) in [6, 6.07) is 3.86. The molecule has 0 atom stereocenters. The third-order valence-corrected chi connectivity index (χ3v) is 3.08. The van der Waals surface area contributed by atoms with Crippen LogP contribution in [0.1, 0.15) is 12.5 Å². The highest BCUT2D eigenvalue weighted by Crippen LogP contribution is 2.33. The molecule has 2 rings (SSSR count).